The molecule has 0 amide bonds. The summed E-state index contributed by atoms with van der Waals surface area (Å²) >= 11 is 0. The molecule has 0 aliphatic carbocycles. The van der Waals surface area contributed by atoms with Gasteiger partial charge >= 0.3 is 0 Å². The van der Waals surface area contributed by atoms with E-state index in [0.29, 0.717) is 0 Å². The van der Waals surface area contributed by atoms with Gasteiger partial charge in [-0.2, -0.15) is 0 Å². The van der Waals surface area contributed by atoms with Gasteiger partial charge in [0.25, 0.3) is 0 Å². The van der Waals surface area contributed by atoms with Gasteiger partial charge < -0.3 is 4.98 Å². The minimum atomic E-state index is 0.879. The van der Waals surface area contributed by atoms with Crippen molar-refractivity contribution >= 4 is 0 Å². The first-order valence-electron chi connectivity index (χ1n) is 10.2. The third-order valence-electron chi connectivity index (χ3n) is 5.43. The summed E-state index contributed by atoms with van der Waals surface area (Å²) in [5.41, 5.74) is 9.09. The standard InChI is InChI=1S/C28H22N2/c1-20-10-8-9-15-25(20)21-16-18-24(19-17-21)28-29-26(22-11-4-2-5-12-22)27(30-28)23-13-6-3-7-14-23/h2-19H,1H3,(H,29,30). The Kier molecular flexibility index (Phi) is 4.74. The molecule has 0 spiro atoms. The highest BCUT2D eigenvalue weighted by Crippen LogP contribution is 2.33. The molecule has 0 aliphatic heterocycles. The molecular formula is C28H22N2. The highest BCUT2D eigenvalue weighted by atomic mass is 14.9. The van der Waals surface area contributed by atoms with E-state index in [9.17, 15) is 0 Å². The fourth-order valence-corrected chi connectivity index (χ4v) is 3.83. The molecule has 0 fully saturated rings. The van der Waals surface area contributed by atoms with Gasteiger partial charge in [-0.1, -0.05) is 109 Å². The first-order chi connectivity index (χ1) is 14.8. The topological polar surface area (TPSA) is 28.7 Å². The Hall–Kier alpha value is -3.91. The molecule has 0 aliphatic rings. The molecule has 0 saturated carbocycles. The number of rotatable bonds is 4. The normalized spacial score (nSPS) is 10.8. The van der Waals surface area contributed by atoms with Crippen molar-refractivity contribution in [2.24, 2.45) is 0 Å². The lowest BCUT2D eigenvalue weighted by atomic mass is 9.99. The van der Waals surface area contributed by atoms with Crippen LogP contribution in [0.1, 0.15) is 5.56 Å². The number of hydrogen-bond donors (Lipinski definition) is 1. The van der Waals surface area contributed by atoms with Crippen LogP contribution >= 0.6 is 0 Å². The van der Waals surface area contributed by atoms with Gasteiger partial charge in [-0.05, 0) is 23.6 Å². The summed E-state index contributed by atoms with van der Waals surface area (Å²) in [4.78, 5) is 8.56. The summed E-state index contributed by atoms with van der Waals surface area (Å²) in [7, 11) is 0. The maximum Gasteiger partial charge on any atom is 0.138 e. The summed E-state index contributed by atoms with van der Waals surface area (Å²) in [6.45, 7) is 2.15. The van der Waals surface area contributed by atoms with Crippen LogP contribution in [0.25, 0.3) is 45.0 Å². The molecule has 2 heteroatoms. The van der Waals surface area contributed by atoms with Gasteiger partial charge in [0.1, 0.15) is 5.82 Å². The molecule has 0 bridgehead atoms. The van der Waals surface area contributed by atoms with E-state index >= 15 is 0 Å². The molecule has 4 aromatic carbocycles. The molecule has 2 nitrogen and oxygen atoms in total. The maximum atomic E-state index is 4.99. The summed E-state index contributed by atoms with van der Waals surface area (Å²) in [6.07, 6.45) is 0. The van der Waals surface area contributed by atoms with Crippen molar-refractivity contribution < 1.29 is 0 Å². The Balaban J connectivity index is 1.58. The van der Waals surface area contributed by atoms with Crippen LogP contribution < -0.4 is 0 Å². The van der Waals surface area contributed by atoms with E-state index in [1.54, 1.807) is 0 Å². The Labute approximate surface area is 176 Å². The van der Waals surface area contributed by atoms with Crippen LogP contribution in [-0.2, 0) is 0 Å². The van der Waals surface area contributed by atoms with Gasteiger partial charge in [0.2, 0.25) is 0 Å². The van der Waals surface area contributed by atoms with Crippen LogP contribution in [-0.4, -0.2) is 9.97 Å². The Bertz CT molecular complexity index is 1210. The second-order valence-corrected chi connectivity index (χ2v) is 7.43. The van der Waals surface area contributed by atoms with Crippen LogP contribution in [0.15, 0.2) is 109 Å². The molecule has 0 atom stereocenters. The predicted octanol–water partition coefficient (Wildman–Crippen LogP) is 7.39. The van der Waals surface area contributed by atoms with E-state index in [1.807, 2.05) is 12.1 Å². The molecule has 0 unspecified atom stereocenters. The molecule has 1 heterocycles. The largest absolute Gasteiger partial charge is 0.337 e. The zero-order valence-corrected chi connectivity index (χ0v) is 16.8. The lowest BCUT2D eigenvalue weighted by Crippen LogP contribution is -1.85. The number of aromatic amines is 1. The van der Waals surface area contributed by atoms with Crippen LogP contribution in [0.2, 0.25) is 0 Å². The molecule has 5 aromatic rings. The van der Waals surface area contributed by atoms with E-state index in [4.69, 9.17) is 4.98 Å². The number of nitrogens with zero attached hydrogens (tertiary/aromatic N) is 1. The molecule has 0 saturated heterocycles. The van der Waals surface area contributed by atoms with E-state index in [2.05, 4.69) is 109 Å². The fourth-order valence-electron chi connectivity index (χ4n) is 3.83. The minimum Gasteiger partial charge on any atom is -0.337 e. The van der Waals surface area contributed by atoms with Crippen molar-refractivity contribution in [1.82, 2.24) is 9.97 Å². The number of hydrogen-bond acceptors (Lipinski definition) is 1. The minimum absolute atomic E-state index is 0.879. The first-order valence-corrected chi connectivity index (χ1v) is 10.2. The maximum absolute atomic E-state index is 4.99. The van der Waals surface area contributed by atoms with E-state index in [0.717, 1.165) is 33.9 Å². The quantitative estimate of drug-likeness (QED) is 0.343. The number of benzene rings is 4. The smallest absolute Gasteiger partial charge is 0.138 e. The average Bonchev–Trinajstić information content (AvgIpc) is 3.26. The second kappa shape index (κ2) is 7.84. The molecule has 5 rings (SSSR count). The van der Waals surface area contributed by atoms with Crippen LogP contribution in [0.5, 0.6) is 0 Å². The zero-order chi connectivity index (χ0) is 20.3. The van der Waals surface area contributed by atoms with Crippen molar-refractivity contribution in [1.29, 1.82) is 0 Å². The highest BCUT2D eigenvalue weighted by molar-refractivity contribution is 5.81. The van der Waals surface area contributed by atoms with Gasteiger partial charge in [0, 0.05) is 16.7 Å². The predicted molar refractivity (Wildman–Crippen MR) is 125 cm³/mol. The Morgan fingerprint density at radius 3 is 1.77 bits per heavy atom. The molecule has 1 aromatic heterocycles. The summed E-state index contributed by atoms with van der Waals surface area (Å²) in [5.74, 6) is 0.879. The number of aryl methyl sites for hydroxylation is 1. The Morgan fingerprint density at radius 2 is 1.10 bits per heavy atom. The third kappa shape index (κ3) is 3.44. The molecule has 144 valence electrons. The van der Waals surface area contributed by atoms with Crippen molar-refractivity contribution in [3.05, 3.63) is 115 Å². The lowest BCUT2D eigenvalue weighted by molar-refractivity contribution is 1.31. The monoisotopic (exact) mass is 386 g/mol. The lowest BCUT2D eigenvalue weighted by Gasteiger charge is -2.06. The van der Waals surface area contributed by atoms with Gasteiger partial charge in [-0.15, -0.1) is 0 Å². The van der Waals surface area contributed by atoms with Crippen molar-refractivity contribution in [3.63, 3.8) is 0 Å². The Morgan fingerprint density at radius 1 is 0.533 bits per heavy atom. The van der Waals surface area contributed by atoms with Crippen molar-refractivity contribution in [2.75, 3.05) is 0 Å². The van der Waals surface area contributed by atoms with Crippen LogP contribution in [0, 0.1) is 6.92 Å². The second-order valence-electron chi connectivity index (χ2n) is 7.43. The molecule has 1 N–H and O–H groups in total. The van der Waals surface area contributed by atoms with Gasteiger partial charge in [-0.3, -0.25) is 0 Å². The number of aromatic nitrogens is 2. The summed E-state index contributed by atoms with van der Waals surface area (Å²) in [6, 6.07) is 37.8. The summed E-state index contributed by atoms with van der Waals surface area (Å²) < 4.78 is 0. The van der Waals surface area contributed by atoms with Gasteiger partial charge in [-0.25, -0.2) is 4.98 Å². The zero-order valence-electron chi connectivity index (χ0n) is 16.8. The van der Waals surface area contributed by atoms with Gasteiger partial charge in [0.05, 0.1) is 11.4 Å². The van der Waals surface area contributed by atoms with Crippen molar-refractivity contribution in [2.45, 2.75) is 6.92 Å². The average molecular weight is 386 g/mol. The molecule has 0 radical (unpaired) electrons. The molecular weight excluding hydrogens is 364 g/mol. The number of nitrogens with one attached hydrogen (secondary N) is 1. The number of imidazole rings is 1. The summed E-state index contributed by atoms with van der Waals surface area (Å²) in [5, 5.41) is 0. The number of H-pyrrole nitrogens is 1. The fraction of sp³-hybridized carbons (Fsp3) is 0.0357. The van der Waals surface area contributed by atoms with Crippen LogP contribution in [0.4, 0.5) is 0 Å². The van der Waals surface area contributed by atoms with Gasteiger partial charge in [0.15, 0.2) is 0 Å². The first kappa shape index (κ1) is 18.1. The molecule has 30 heavy (non-hydrogen) atoms. The third-order valence-corrected chi connectivity index (χ3v) is 5.43. The van der Waals surface area contributed by atoms with E-state index in [-0.39, 0.29) is 0 Å². The van der Waals surface area contributed by atoms with Crippen molar-refractivity contribution in [3.8, 4) is 45.0 Å². The SMILES string of the molecule is Cc1ccccc1-c1ccc(-c2nc(-c3ccccc3)c(-c3ccccc3)[nH]2)cc1. The van der Waals surface area contributed by atoms with Crippen LogP contribution in [0.3, 0.4) is 0 Å². The van der Waals surface area contributed by atoms with E-state index in [1.165, 1.54) is 16.7 Å². The highest BCUT2D eigenvalue weighted by Gasteiger charge is 2.15. The van der Waals surface area contributed by atoms with E-state index < -0.39 is 0 Å².